The number of nitrogens with zero attached hydrogens (tertiary/aromatic N) is 2. The van der Waals surface area contributed by atoms with E-state index in [1.165, 1.54) is 0 Å². The highest BCUT2D eigenvalue weighted by Gasteiger charge is 2.14. The second kappa shape index (κ2) is 6.10. The fourth-order valence-corrected chi connectivity index (χ4v) is 1.62. The van der Waals surface area contributed by atoms with Gasteiger partial charge in [0.05, 0.1) is 0 Å². The van der Waals surface area contributed by atoms with Crippen molar-refractivity contribution in [2.45, 2.75) is 6.92 Å². The number of anilines is 2. The number of carbonyl (C=O) groups is 1. The Bertz CT molecular complexity index is 423. The van der Waals surface area contributed by atoms with Crippen molar-refractivity contribution in [2.75, 3.05) is 37.5 Å². The monoisotopic (exact) mass is 247 g/mol. The van der Waals surface area contributed by atoms with E-state index >= 15 is 0 Å². The Kier molecular flexibility index (Phi) is 4.77. The molecule has 98 valence electrons. The Balaban J connectivity index is 2.98. The zero-order valence-electron chi connectivity index (χ0n) is 11.5. The van der Waals surface area contributed by atoms with Crippen LogP contribution in [0.1, 0.15) is 6.92 Å². The largest absolute Gasteiger partial charge is 0.378 e. The zero-order chi connectivity index (χ0) is 13.7. The van der Waals surface area contributed by atoms with Gasteiger partial charge in [-0.15, -0.1) is 0 Å². The van der Waals surface area contributed by atoms with Crippen molar-refractivity contribution in [1.29, 1.82) is 0 Å². The van der Waals surface area contributed by atoms with E-state index in [9.17, 15) is 4.79 Å². The van der Waals surface area contributed by atoms with Gasteiger partial charge in [0.1, 0.15) is 0 Å². The lowest BCUT2D eigenvalue weighted by molar-refractivity contribution is 0.248. The third-order valence-corrected chi connectivity index (χ3v) is 2.56. The number of benzene rings is 1. The summed E-state index contributed by atoms with van der Waals surface area (Å²) in [6.45, 7) is 6.27. The van der Waals surface area contributed by atoms with Crippen LogP contribution in [-0.2, 0) is 0 Å². The van der Waals surface area contributed by atoms with Crippen molar-refractivity contribution >= 4 is 17.4 Å². The summed E-state index contributed by atoms with van der Waals surface area (Å²) in [6.07, 6.45) is 0. The first kappa shape index (κ1) is 14.1. The van der Waals surface area contributed by atoms with E-state index in [-0.39, 0.29) is 6.03 Å². The minimum Gasteiger partial charge on any atom is -0.378 e. The van der Waals surface area contributed by atoms with Gasteiger partial charge in [0.25, 0.3) is 0 Å². The van der Waals surface area contributed by atoms with E-state index in [0.29, 0.717) is 6.54 Å². The molecule has 2 amide bonds. The van der Waals surface area contributed by atoms with Crippen LogP contribution in [0.3, 0.4) is 0 Å². The molecule has 4 heteroatoms. The van der Waals surface area contributed by atoms with Gasteiger partial charge in [0, 0.05) is 39.1 Å². The molecule has 1 rings (SSSR count). The van der Waals surface area contributed by atoms with Crippen molar-refractivity contribution in [3.8, 4) is 0 Å². The first-order valence-electron chi connectivity index (χ1n) is 5.86. The Labute approximate surface area is 109 Å². The first-order chi connectivity index (χ1) is 8.45. The van der Waals surface area contributed by atoms with Crippen LogP contribution in [0.5, 0.6) is 0 Å². The van der Waals surface area contributed by atoms with Gasteiger partial charge in [-0.1, -0.05) is 12.2 Å². The summed E-state index contributed by atoms with van der Waals surface area (Å²) in [6, 6.07) is 7.73. The maximum Gasteiger partial charge on any atom is 0.321 e. The highest BCUT2D eigenvalue weighted by molar-refractivity contribution is 5.92. The lowest BCUT2D eigenvalue weighted by Gasteiger charge is -2.23. The van der Waals surface area contributed by atoms with Crippen molar-refractivity contribution in [3.63, 3.8) is 0 Å². The topological polar surface area (TPSA) is 35.6 Å². The molecule has 0 unspecified atom stereocenters. The summed E-state index contributed by atoms with van der Waals surface area (Å²) < 4.78 is 0. The molecule has 1 N–H and O–H groups in total. The molecule has 0 aliphatic heterocycles. The Morgan fingerprint density at radius 1 is 1.22 bits per heavy atom. The average molecular weight is 247 g/mol. The van der Waals surface area contributed by atoms with Crippen LogP contribution < -0.4 is 15.1 Å². The van der Waals surface area contributed by atoms with E-state index in [1.54, 1.807) is 11.9 Å². The van der Waals surface area contributed by atoms with Gasteiger partial charge in [0.2, 0.25) is 0 Å². The van der Waals surface area contributed by atoms with E-state index in [1.807, 2.05) is 50.2 Å². The van der Waals surface area contributed by atoms with Crippen LogP contribution in [0, 0.1) is 0 Å². The van der Waals surface area contributed by atoms with Crippen molar-refractivity contribution in [2.24, 2.45) is 0 Å². The van der Waals surface area contributed by atoms with Gasteiger partial charge >= 0.3 is 6.03 Å². The van der Waals surface area contributed by atoms with Crippen molar-refractivity contribution < 1.29 is 4.79 Å². The second-order valence-corrected chi connectivity index (χ2v) is 4.51. The predicted octanol–water partition coefficient (Wildman–Crippen LogP) is 2.47. The molecule has 0 aliphatic rings. The molecule has 0 saturated heterocycles. The molecule has 0 radical (unpaired) electrons. The summed E-state index contributed by atoms with van der Waals surface area (Å²) in [4.78, 5) is 15.5. The number of nitrogens with one attached hydrogen (secondary N) is 1. The normalized spacial score (nSPS) is 9.78. The van der Waals surface area contributed by atoms with E-state index in [0.717, 1.165) is 16.9 Å². The third-order valence-electron chi connectivity index (χ3n) is 2.56. The highest BCUT2D eigenvalue weighted by Crippen LogP contribution is 2.20. The minimum atomic E-state index is -0.129. The van der Waals surface area contributed by atoms with Crippen LogP contribution in [-0.4, -0.2) is 33.7 Å². The quantitative estimate of drug-likeness (QED) is 0.830. The molecule has 4 nitrogen and oxygen atoms in total. The molecule has 0 saturated carbocycles. The predicted molar refractivity (Wildman–Crippen MR) is 77.4 cm³/mol. The van der Waals surface area contributed by atoms with Gasteiger partial charge in [-0.3, -0.25) is 4.90 Å². The molecule has 1 aromatic rings. The molecule has 0 fully saturated rings. The third kappa shape index (κ3) is 3.52. The summed E-state index contributed by atoms with van der Waals surface area (Å²) >= 11 is 0. The van der Waals surface area contributed by atoms with Gasteiger partial charge < -0.3 is 10.2 Å². The molecular formula is C14H21N3O. The number of hydrogen-bond donors (Lipinski definition) is 1. The lowest BCUT2D eigenvalue weighted by Crippen LogP contribution is -2.39. The maximum absolute atomic E-state index is 11.8. The van der Waals surface area contributed by atoms with Crippen LogP contribution in [0.2, 0.25) is 0 Å². The summed E-state index contributed by atoms with van der Waals surface area (Å²) in [5.41, 5.74) is 2.91. The highest BCUT2D eigenvalue weighted by atomic mass is 16.2. The van der Waals surface area contributed by atoms with E-state index in [4.69, 9.17) is 0 Å². The minimum absolute atomic E-state index is 0.129. The molecule has 0 atom stereocenters. The van der Waals surface area contributed by atoms with E-state index < -0.39 is 0 Å². The smallest absolute Gasteiger partial charge is 0.321 e. The molecule has 0 heterocycles. The Hall–Kier alpha value is -1.97. The Morgan fingerprint density at radius 2 is 1.72 bits per heavy atom. The standard InChI is InChI=1S/C14H21N3O/c1-11(2)10-17(14(18)15-3)13-8-6-12(7-9-13)16(4)5/h6-9H,1,10H2,2-5H3,(H,15,18). The maximum atomic E-state index is 11.8. The molecule has 0 aliphatic carbocycles. The SMILES string of the molecule is C=C(C)CN(C(=O)NC)c1ccc(N(C)C)cc1. The van der Waals surface area contributed by atoms with Gasteiger partial charge in [0.15, 0.2) is 0 Å². The average Bonchev–Trinajstić information content (AvgIpc) is 2.35. The number of rotatable bonds is 4. The molecule has 0 bridgehead atoms. The zero-order valence-corrected chi connectivity index (χ0v) is 11.5. The molecule has 1 aromatic carbocycles. The summed E-state index contributed by atoms with van der Waals surface area (Å²) in [5, 5.41) is 2.64. The summed E-state index contributed by atoms with van der Waals surface area (Å²) in [5.74, 6) is 0. The second-order valence-electron chi connectivity index (χ2n) is 4.51. The van der Waals surface area contributed by atoms with E-state index in [2.05, 4.69) is 11.9 Å². The van der Waals surface area contributed by atoms with Crippen LogP contribution in [0.4, 0.5) is 16.2 Å². The number of amides is 2. The number of hydrogen-bond acceptors (Lipinski definition) is 2. The van der Waals surface area contributed by atoms with Crippen LogP contribution in [0.15, 0.2) is 36.4 Å². The van der Waals surface area contributed by atoms with Gasteiger partial charge in [-0.2, -0.15) is 0 Å². The lowest BCUT2D eigenvalue weighted by atomic mass is 10.2. The van der Waals surface area contributed by atoms with Gasteiger partial charge in [-0.25, -0.2) is 4.79 Å². The van der Waals surface area contributed by atoms with Crippen LogP contribution in [0.25, 0.3) is 0 Å². The fraction of sp³-hybridized carbons (Fsp3) is 0.357. The number of urea groups is 1. The molecule has 18 heavy (non-hydrogen) atoms. The summed E-state index contributed by atoms with van der Waals surface area (Å²) in [7, 11) is 5.60. The Morgan fingerprint density at radius 3 is 2.11 bits per heavy atom. The first-order valence-corrected chi connectivity index (χ1v) is 5.86. The molecule has 0 spiro atoms. The van der Waals surface area contributed by atoms with Crippen molar-refractivity contribution in [3.05, 3.63) is 36.4 Å². The van der Waals surface area contributed by atoms with Crippen LogP contribution >= 0.6 is 0 Å². The molecule has 0 aromatic heterocycles. The molecular weight excluding hydrogens is 226 g/mol. The van der Waals surface area contributed by atoms with Gasteiger partial charge in [-0.05, 0) is 31.2 Å². The number of carbonyl (C=O) groups excluding carboxylic acids is 1. The fourth-order valence-electron chi connectivity index (χ4n) is 1.62. The van der Waals surface area contributed by atoms with Crippen molar-refractivity contribution in [1.82, 2.24) is 5.32 Å².